The van der Waals surface area contributed by atoms with Crippen molar-refractivity contribution < 1.29 is 27.5 Å². The number of amides is 1. The van der Waals surface area contributed by atoms with Crippen molar-refractivity contribution in [2.75, 3.05) is 10.6 Å². The number of hydrogen-bond acceptors (Lipinski definition) is 5. The molecule has 4 rings (SSSR count). The lowest BCUT2D eigenvalue weighted by molar-refractivity contribution is -0.174. The standard InChI is InChI=1S/C19H16BrF3N4O3/c1-9-4-5-12(28)10(7-9)25-18(29)16-15(20)17-24-11(13-3-2-6-30-13)8-14(19(21,22)23)27(17)26-16/h2-7,11,14,24,28H,8H2,1H3,(H,25,29)/t11-,14-/m1/s1. The van der Waals surface area contributed by atoms with E-state index in [1.54, 1.807) is 31.2 Å². The quantitative estimate of drug-likeness (QED) is 0.446. The van der Waals surface area contributed by atoms with Crippen LogP contribution in [0.15, 0.2) is 45.5 Å². The first-order valence-corrected chi connectivity index (χ1v) is 9.70. The van der Waals surface area contributed by atoms with Crippen LogP contribution in [0, 0.1) is 6.92 Å². The average molecular weight is 485 g/mol. The molecule has 30 heavy (non-hydrogen) atoms. The number of rotatable bonds is 3. The SMILES string of the molecule is Cc1ccc(O)c(NC(=O)c2nn3c(c2Br)N[C@@H](c2ccco2)C[C@@H]3C(F)(F)F)c1. The Hall–Kier alpha value is -2.95. The molecule has 1 aromatic carbocycles. The van der Waals surface area contributed by atoms with Crippen LogP contribution in [0.5, 0.6) is 5.75 Å². The van der Waals surface area contributed by atoms with Crippen molar-refractivity contribution in [3.05, 3.63) is 58.1 Å². The van der Waals surface area contributed by atoms with E-state index >= 15 is 0 Å². The van der Waals surface area contributed by atoms with Gasteiger partial charge in [-0.15, -0.1) is 0 Å². The van der Waals surface area contributed by atoms with Gasteiger partial charge in [0.2, 0.25) is 0 Å². The Morgan fingerprint density at radius 1 is 1.40 bits per heavy atom. The summed E-state index contributed by atoms with van der Waals surface area (Å²) in [6, 6.07) is 5.09. The van der Waals surface area contributed by atoms with Crippen molar-refractivity contribution in [1.82, 2.24) is 9.78 Å². The van der Waals surface area contributed by atoms with Gasteiger partial charge in [-0.05, 0) is 52.7 Å². The summed E-state index contributed by atoms with van der Waals surface area (Å²) < 4.78 is 47.4. The molecule has 0 bridgehead atoms. The summed E-state index contributed by atoms with van der Waals surface area (Å²) in [6.07, 6.45) is -3.55. The van der Waals surface area contributed by atoms with Gasteiger partial charge in [-0.2, -0.15) is 18.3 Å². The van der Waals surface area contributed by atoms with E-state index < -0.39 is 24.2 Å². The van der Waals surface area contributed by atoms with Crippen LogP contribution >= 0.6 is 15.9 Å². The second kappa shape index (κ2) is 7.38. The van der Waals surface area contributed by atoms with E-state index in [1.807, 2.05) is 0 Å². The van der Waals surface area contributed by atoms with Gasteiger partial charge in [0.05, 0.1) is 22.5 Å². The number of carbonyl (C=O) groups excluding carboxylic acids is 1. The summed E-state index contributed by atoms with van der Waals surface area (Å²) in [5, 5.41) is 19.3. The summed E-state index contributed by atoms with van der Waals surface area (Å²) in [5.74, 6) is -0.567. The Morgan fingerprint density at radius 2 is 2.17 bits per heavy atom. The molecule has 1 aliphatic rings. The third-order valence-electron chi connectivity index (χ3n) is 4.80. The lowest BCUT2D eigenvalue weighted by Gasteiger charge is -2.32. The van der Waals surface area contributed by atoms with E-state index in [0.29, 0.717) is 5.76 Å². The Bertz CT molecular complexity index is 1100. The van der Waals surface area contributed by atoms with Gasteiger partial charge in [-0.3, -0.25) is 4.79 Å². The van der Waals surface area contributed by atoms with E-state index in [4.69, 9.17) is 4.42 Å². The molecule has 0 fully saturated rings. The zero-order valence-corrected chi connectivity index (χ0v) is 17.1. The zero-order valence-electron chi connectivity index (χ0n) is 15.5. The molecule has 0 radical (unpaired) electrons. The number of aromatic nitrogens is 2. The van der Waals surface area contributed by atoms with E-state index in [-0.39, 0.29) is 33.8 Å². The van der Waals surface area contributed by atoms with E-state index in [0.717, 1.165) is 10.2 Å². The molecular weight excluding hydrogens is 469 g/mol. The van der Waals surface area contributed by atoms with Crippen LogP contribution in [0.2, 0.25) is 0 Å². The van der Waals surface area contributed by atoms with Crippen LogP contribution in [-0.2, 0) is 0 Å². The number of furan rings is 1. The lowest BCUT2D eigenvalue weighted by atomic mass is 10.0. The second-order valence-electron chi connectivity index (χ2n) is 6.94. The molecule has 0 saturated carbocycles. The van der Waals surface area contributed by atoms with Crippen LogP contribution in [0.25, 0.3) is 0 Å². The van der Waals surface area contributed by atoms with Crippen LogP contribution in [0.4, 0.5) is 24.7 Å². The number of nitrogens with one attached hydrogen (secondary N) is 2. The number of hydrogen-bond donors (Lipinski definition) is 3. The number of halogens is 4. The molecule has 0 unspecified atom stereocenters. The molecule has 7 nitrogen and oxygen atoms in total. The lowest BCUT2D eigenvalue weighted by Crippen LogP contribution is -2.35. The van der Waals surface area contributed by atoms with E-state index in [9.17, 15) is 23.1 Å². The highest BCUT2D eigenvalue weighted by Gasteiger charge is 2.48. The number of carbonyl (C=O) groups is 1. The van der Waals surface area contributed by atoms with Gasteiger partial charge in [-0.25, -0.2) is 4.68 Å². The molecule has 158 valence electrons. The summed E-state index contributed by atoms with van der Waals surface area (Å²) >= 11 is 3.20. The zero-order chi connectivity index (χ0) is 21.6. The third kappa shape index (κ3) is 3.64. The molecule has 1 amide bonds. The van der Waals surface area contributed by atoms with E-state index in [1.165, 1.54) is 12.3 Å². The number of fused-ring (bicyclic) bond motifs is 1. The summed E-state index contributed by atoms with van der Waals surface area (Å²) in [5.41, 5.74) is 0.672. The highest BCUT2D eigenvalue weighted by Crippen LogP contribution is 2.46. The topological polar surface area (TPSA) is 92.3 Å². The minimum Gasteiger partial charge on any atom is -0.506 e. The minimum absolute atomic E-state index is 0.0172. The number of anilines is 2. The summed E-state index contributed by atoms with van der Waals surface area (Å²) in [6.45, 7) is 1.77. The molecule has 0 aliphatic carbocycles. The summed E-state index contributed by atoms with van der Waals surface area (Å²) in [7, 11) is 0. The number of phenols is 1. The van der Waals surface area contributed by atoms with Gasteiger partial charge in [0.15, 0.2) is 11.7 Å². The van der Waals surface area contributed by atoms with Crippen LogP contribution in [0.3, 0.4) is 0 Å². The largest absolute Gasteiger partial charge is 0.506 e. The second-order valence-corrected chi connectivity index (χ2v) is 7.73. The third-order valence-corrected chi connectivity index (χ3v) is 5.55. The van der Waals surface area contributed by atoms with Gasteiger partial charge in [0.25, 0.3) is 5.91 Å². The Balaban J connectivity index is 1.71. The molecule has 2 aromatic heterocycles. The number of alkyl halides is 3. The highest BCUT2D eigenvalue weighted by molar-refractivity contribution is 9.10. The molecule has 3 heterocycles. The molecule has 3 aromatic rings. The molecule has 1 aliphatic heterocycles. The molecule has 3 N–H and O–H groups in total. The van der Waals surface area contributed by atoms with Crippen molar-refractivity contribution in [2.45, 2.75) is 31.6 Å². The van der Waals surface area contributed by atoms with Crippen molar-refractivity contribution in [1.29, 1.82) is 0 Å². The van der Waals surface area contributed by atoms with Crippen molar-refractivity contribution >= 4 is 33.3 Å². The molecule has 2 atom stereocenters. The highest BCUT2D eigenvalue weighted by atomic mass is 79.9. The van der Waals surface area contributed by atoms with Crippen molar-refractivity contribution in [3.8, 4) is 5.75 Å². The number of aryl methyl sites for hydroxylation is 1. The molecule has 0 saturated heterocycles. The first kappa shape index (κ1) is 20.3. The Morgan fingerprint density at radius 3 is 2.83 bits per heavy atom. The maximum Gasteiger partial charge on any atom is 0.410 e. The monoisotopic (exact) mass is 484 g/mol. The predicted octanol–water partition coefficient (Wildman–Crippen LogP) is 5.17. The first-order valence-electron chi connectivity index (χ1n) is 8.90. The van der Waals surface area contributed by atoms with Gasteiger partial charge in [0.1, 0.15) is 17.3 Å². The van der Waals surface area contributed by atoms with Crippen LogP contribution in [-0.4, -0.2) is 27.0 Å². The van der Waals surface area contributed by atoms with Crippen molar-refractivity contribution in [3.63, 3.8) is 0 Å². The Kier molecular flexibility index (Phi) is 5.00. The normalized spacial score (nSPS) is 18.6. The fourth-order valence-corrected chi connectivity index (χ4v) is 3.90. The number of benzene rings is 1. The van der Waals surface area contributed by atoms with Gasteiger partial charge < -0.3 is 20.2 Å². The minimum atomic E-state index is -4.59. The fraction of sp³-hybridized carbons (Fsp3) is 0.263. The smallest absolute Gasteiger partial charge is 0.410 e. The first-order chi connectivity index (χ1) is 14.1. The molecular formula is C19H16BrF3N4O3. The maximum absolute atomic E-state index is 13.8. The fourth-order valence-electron chi connectivity index (χ4n) is 3.34. The van der Waals surface area contributed by atoms with Gasteiger partial charge >= 0.3 is 6.18 Å². The number of nitrogens with zero attached hydrogens (tertiary/aromatic N) is 2. The average Bonchev–Trinajstić information content (AvgIpc) is 3.32. The number of phenolic OH excluding ortho intramolecular Hbond substituents is 1. The Labute approximate surface area is 177 Å². The number of aromatic hydroxyl groups is 1. The molecule has 11 heteroatoms. The van der Waals surface area contributed by atoms with Gasteiger partial charge in [-0.1, -0.05) is 6.07 Å². The van der Waals surface area contributed by atoms with Crippen LogP contribution in [0.1, 0.15) is 40.3 Å². The van der Waals surface area contributed by atoms with E-state index in [2.05, 4.69) is 31.7 Å². The maximum atomic E-state index is 13.8. The summed E-state index contributed by atoms with van der Waals surface area (Å²) in [4.78, 5) is 12.7. The van der Waals surface area contributed by atoms with Crippen molar-refractivity contribution in [2.24, 2.45) is 0 Å². The van der Waals surface area contributed by atoms with Crippen LogP contribution < -0.4 is 10.6 Å². The molecule has 0 spiro atoms. The predicted molar refractivity (Wildman–Crippen MR) is 106 cm³/mol. The van der Waals surface area contributed by atoms with Gasteiger partial charge in [0, 0.05) is 6.42 Å².